The van der Waals surface area contributed by atoms with Crippen LogP contribution in [0.5, 0.6) is 0 Å². The number of unbranched alkanes of at least 4 members (excludes halogenated alkanes) is 12. The van der Waals surface area contributed by atoms with E-state index < -0.39 is 0 Å². The normalized spacial score (nSPS) is 16.9. The fourth-order valence-corrected chi connectivity index (χ4v) is 5.63. The van der Waals surface area contributed by atoms with Gasteiger partial charge in [0.25, 0.3) is 0 Å². The second kappa shape index (κ2) is 24.8. The molecular weight excluding hydrogens is 462 g/mol. The Hall–Kier alpha value is -0.200. The molecule has 0 aliphatic carbocycles. The Morgan fingerprint density at radius 1 is 0.324 bits per heavy atom. The smallest absolute Gasteiger partial charge is 0.0786 e. The lowest BCUT2D eigenvalue weighted by Gasteiger charge is -2.40. The van der Waals surface area contributed by atoms with Gasteiger partial charge in [-0.25, -0.2) is 0 Å². The van der Waals surface area contributed by atoms with Gasteiger partial charge in [-0.3, -0.25) is 0 Å². The van der Waals surface area contributed by atoms with Gasteiger partial charge in [-0.05, 0) is 105 Å². The zero-order valence-corrected chi connectivity index (χ0v) is 25.5. The SMILES string of the molecule is CC(O)CCCCCC[N+](CCCCCCC(C)O)(CCCCCCC(C)O)CCCCCCC(C)O. The minimum absolute atomic E-state index is 0.175. The van der Waals surface area contributed by atoms with Gasteiger partial charge in [0.1, 0.15) is 0 Å². The number of hydrogen-bond acceptors (Lipinski definition) is 4. The van der Waals surface area contributed by atoms with Gasteiger partial charge in [0.15, 0.2) is 0 Å². The van der Waals surface area contributed by atoms with Gasteiger partial charge in [-0.2, -0.15) is 0 Å². The molecule has 0 fully saturated rings. The van der Waals surface area contributed by atoms with Crippen LogP contribution < -0.4 is 0 Å². The van der Waals surface area contributed by atoms with E-state index in [1.807, 2.05) is 27.7 Å². The molecule has 0 heterocycles. The van der Waals surface area contributed by atoms with Gasteiger partial charge in [0, 0.05) is 0 Å². The maximum absolute atomic E-state index is 9.56. The van der Waals surface area contributed by atoms with Crippen LogP contribution in [0.1, 0.15) is 156 Å². The lowest BCUT2D eigenvalue weighted by Crippen LogP contribution is -2.50. The summed E-state index contributed by atoms with van der Waals surface area (Å²) in [5, 5.41) is 38.2. The highest BCUT2D eigenvalue weighted by Gasteiger charge is 2.25. The number of nitrogens with zero attached hydrogens (tertiary/aromatic N) is 1. The summed E-state index contributed by atoms with van der Waals surface area (Å²) in [6.07, 6.45) is 22.6. The summed E-state index contributed by atoms with van der Waals surface area (Å²) < 4.78 is 1.26. The quantitative estimate of drug-likeness (QED) is 0.0641. The first-order valence-corrected chi connectivity index (χ1v) is 16.2. The molecule has 0 rings (SSSR count). The summed E-state index contributed by atoms with van der Waals surface area (Å²) in [4.78, 5) is 0. The standard InChI is InChI=1S/C32H68NO4/c1-29(34)21-13-5-9-17-25-33(26-18-10-6-14-22-30(2)35,27-19-11-7-15-23-31(3)36)28-20-12-8-16-24-32(4)37/h29-32,34-37H,5-28H2,1-4H3/q+1. The van der Waals surface area contributed by atoms with Crippen molar-refractivity contribution in [3.8, 4) is 0 Å². The van der Waals surface area contributed by atoms with Gasteiger partial charge in [-0.1, -0.05) is 51.4 Å². The van der Waals surface area contributed by atoms with Crippen molar-refractivity contribution in [3.05, 3.63) is 0 Å². The van der Waals surface area contributed by atoms with E-state index in [4.69, 9.17) is 0 Å². The van der Waals surface area contributed by atoms with Gasteiger partial charge in [-0.15, -0.1) is 0 Å². The monoisotopic (exact) mass is 531 g/mol. The number of rotatable bonds is 28. The van der Waals surface area contributed by atoms with Crippen molar-refractivity contribution >= 4 is 0 Å². The Kier molecular flexibility index (Phi) is 24.7. The molecule has 4 N–H and O–H groups in total. The Balaban J connectivity index is 4.89. The summed E-state index contributed by atoms with van der Waals surface area (Å²) in [7, 11) is 0. The third kappa shape index (κ3) is 25.8. The van der Waals surface area contributed by atoms with Crippen LogP contribution >= 0.6 is 0 Å². The van der Waals surface area contributed by atoms with Crippen LogP contribution in [0.15, 0.2) is 0 Å². The highest BCUT2D eigenvalue weighted by Crippen LogP contribution is 2.21. The van der Waals surface area contributed by atoms with Gasteiger partial charge >= 0.3 is 0 Å². The van der Waals surface area contributed by atoms with E-state index in [9.17, 15) is 20.4 Å². The van der Waals surface area contributed by atoms with E-state index in [0.29, 0.717) is 0 Å². The molecule has 0 amide bonds. The molecule has 0 spiro atoms. The molecule has 224 valence electrons. The highest BCUT2D eigenvalue weighted by atomic mass is 16.3. The molecule has 4 atom stereocenters. The van der Waals surface area contributed by atoms with Crippen molar-refractivity contribution in [2.75, 3.05) is 26.2 Å². The molecule has 0 radical (unpaired) electrons. The fraction of sp³-hybridized carbons (Fsp3) is 1.00. The van der Waals surface area contributed by atoms with Crippen LogP contribution in [-0.2, 0) is 0 Å². The largest absolute Gasteiger partial charge is 0.393 e. The first-order chi connectivity index (χ1) is 17.7. The van der Waals surface area contributed by atoms with Crippen LogP contribution in [0.4, 0.5) is 0 Å². The maximum atomic E-state index is 9.56. The van der Waals surface area contributed by atoms with E-state index in [1.54, 1.807) is 0 Å². The van der Waals surface area contributed by atoms with E-state index in [1.165, 1.54) is 108 Å². The molecule has 0 saturated heterocycles. The highest BCUT2D eigenvalue weighted by molar-refractivity contribution is 4.57. The second-order valence-electron chi connectivity index (χ2n) is 12.4. The Bertz CT molecular complexity index is 382. The first-order valence-electron chi connectivity index (χ1n) is 16.2. The summed E-state index contributed by atoms with van der Waals surface area (Å²) in [5.41, 5.74) is 0. The van der Waals surface area contributed by atoms with E-state index in [-0.39, 0.29) is 24.4 Å². The summed E-state index contributed by atoms with van der Waals surface area (Å²) in [5.74, 6) is 0. The maximum Gasteiger partial charge on any atom is 0.0786 e. The van der Waals surface area contributed by atoms with E-state index in [0.717, 1.165) is 51.4 Å². The van der Waals surface area contributed by atoms with Crippen molar-refractivity contribution in [3.63, 3.8) is 0 Å². The van der Waals surface area contributed by atoms with Gasteiger partial charge in [0.2, 0.25) is 0 Å². The van der Waals surface area contributed by atoms with E-state index >= 15 is 0 Å². The molecule has 5 heteroatoms. The zero-order valence-electron chi connectivity index (χ0n) is 25.5. The molecule has 4 unspecified atom stereocenters. The summed E-state index contributed by atoms with van der Waals surface area (Å²) in [6, 6.07) is 0. The number of aliphatic hydroxyl groups is 4. The molecule has 0 aromatic carbocycles. The summed E-state index contributed by atoms with van der Waals surface area (Å²) in [6.45, 7) is 12.7. The predicted octanol–water partition coefficient (Wildman–Crippen LogP) is 7.13. The number of quaternary nitrogens is 1. The minimum Gasteiger partial charge on any atom is -0.393 e. The van der Waals surface area contributed by atoms with Crippen LogP contribution in [0.25, 0.3) is 0 Å². The average Bonchev–Trinajstić information content (AvgIpc) is 2.82. The zero-order chi connectivity index (χ0) is 27.8. The van der Waals surface area contributed by atoms with Crippen molar-refractivity contribution in [1.82, 2.24) is 0 Å². The molecule has 5 nitrogen and oxygen atoms in total. The lowest BCUT2D eigenvalue weighted by molar-refractivity contribution is -0.929. The van der Waals surface area contributed by atoms with Crippen LogP contribution in [-0.4, -0.2) is 75.5 Å². The molecular formula is C32H68NO4+. The van der Waals surface area contributed by atoms with Crippen molar-refractivity contribution in [2.45, 2.75) is 181 Å². The Labute approximate surface area is 231 Å². The third-order valence-corrected chi connectivity index (χ3v) is 8.02. The van der Waals surface area contributed by atoms with Crippen molar-refractivity contribution < 1.29 is 24.9 Å². The molecule has 37 heavy (non-hydrogen) atoms. The topological polar surface area (TPSA) is 80.9 Å². The van der Waals surface area contributed by atoms with Crippen molar-refractivity contribution in [1.29, 1.82) is 0 Å². The molecule has 0 aliphatic heterocycles. The van der Waals surface area contributed by atoms with E-state index in [2.05, 4.69) is 0 Å². The minimum atomic E-state index is -0.175. The molecule has 0 saturated carbocycles. The average molecular weight is 531 g/mol. The van der Waals surface area contributed by atoms with Crippen LogP contribution in [0, 0.1) is 0 Å². The fourth-order valence-electron chi connectivity index (χ4n) is 5.63. The van der Waals surface area contributed by atoms with Gasteiger partial charge in [0.05, 0.1) is 50.6 Å². The third-order valence-electron chi connectivity index (χ3n) is 8.02. The Morgan fingerprint density at radius 2 is 0.514 bits per heavy atom. The lowest BCUT2D eigenvalue weighted by atomic mass is 10.0. The van der Waals surface area contributed by atoms with Crippen molar-refractivity contribution in [2.24, 2.45) is 0 Å². The molecule has 0 aromatic rings. The van der Waals surface area contributed by atoms with Gasteiger partial charge < -0.3 is 24.9 Å². The number of aliphatic hydroxyl groups excluding tert-OH is 4. The van der Waals surface area contributed by atoms with Crippen LogP contribution in [0.3, 0.4) is 0 Å². The molecule has 0 aromatic heterocycles. The molecule has 0 bridgehead atoms. The second-order valence-corrected chi connectivity index (χ2v) is 12.4. The van der Waals surface area contributed by atoms with Crippen LogP contribution in [0.2, 0.25) is 0 Å². The summed E-state index contributed by atoms with van der Waals surface area (Å²) >= 11 is 0. The number of hydrogen-bond donors (Lipinski definition) is 4. The Morgan fingerprint density at radius 3 is 0.703 bits per heavy atom. The molecule has 0 aliphatic rings. The first kappa shape index (κ1) is 36.8. The predicted molar refractivity (Wildman–Crippen MR) is 159 cm³/mol.